The number of carbonyl (C=O) groups excluding carboxylic acids is 2. The van der Waals surface area contributed by atoms with Gasteiger partial charge in [-0.3, -0.25) is 14.6 Å². The first-order valence-corrected chi connectivity index (χ1v) is 10.4. The molecule has 4 aromatic rings. The molecule has 0 N–H and O–H groups in total. The van der Waals surface area contributed by atoms with Crippen LogP contribution in [-0.2, 0) is 4.79 Å². The number of nitrogens with zero attached hydrogens (tertiary/aromatic N) is 1. The minimum atomic E-state index is -0.312. The molecule has 5 heteroatoms. The van der Waals surface area contributed by atoms with E-state index in [1.165, 1.54) is 0 Å². The number of ketones is 1. The maximum Gasteiger partial charge on any atom is 0.312 e. The molecular weight excluding hydrogens is 402 g/mol. The van der Waals surface area contributed by atoms with E-state index in [-0.39, 0.29) is 29.9 Å². The van der Waals surface area contributed by atoms with Gasteiger partial charge in [-0.1, -0.05) is 48.5 Å². The predicted octanol–water partition coefficient (Wildman–Crippen LogP) is 5.29. The topological polar surface area (TPSA) is 65.5 Å². The summed E-state index contributed by atoms with van der Waals surface area (Å²) in [6.07, 6.45) is 3.64. The Balaban J connectivity index is 1.53. The Morgan fingerprint density at radius 1 is 0.875 bits per heavy atom. The Labute approximate surface area is 183 Å². The van der Waals surface area contributed by atoms with Crippen LogP contribution in [0.4, 0.5) is 0 Å². The van der Waals surface area contributed by atoms with Crippen molar-refractivity contribution in [2.24, 2.45) is 0 Å². The van der Waals surface area contributed by atoms with E-state index in [2.05, 4.69) is 4.98 Å². The Morgan fingerprint density at radius 2 is 1.69 bits per heavy atom. The first kappa shape index (κ1) is 18.5. The SMILES string of the molecule is O=C1C[C@H](c2ccnc3ccccc23)c2c(ccc3c2O/C(=C\c2ccccc2)C3=O)O1. The lowest BCUT2D eigenvalue weighted by atomic mass is 9.83. The van der Waals surface area contributed by atoms with Crippen LogP contribution in [0.3, 0.4) is 0 Å². The first-order valence-electron chi connectivity index (χ1n) is 10.4. The molecule has 0 saturated heterocycles. The highest BCUT2D eigenvalue weighted by Gasteiger charge is 2.39. The van der Waals surface area contributed by atoms with Gasteiger partial charge in [-0.05, 0) is 41.5 Å². The number of Topliss-reactive ketones (excluding diaryl/α,β-unsaturated/α-hetero) is 1. The van der Waals surface area contributed by atoms with E-state index in [1.54, 1.807) is 24.4 Å². The molecule has 0 unspecified atom stereocenters. The fraction of sp³-hybridized carbons (Fsp3) is 0.0741. The predicted molar refractivity (Wildman–Crippen MR) is 120 cm³/mol. The highest BCUT2D eigenvalue weighted by atomic mass is 16.5. The lowest BCUT2D eigenvalue weighted by Gasteiger charge is -2.27. The molecule has 5 nitrogen and oxygen atoms in total. The molecule has 2 aliphatic heterocycles. The van der Waals surface area contributed by atoms with Crippen LogP contribution in [-0.4, -0.2) is 16.7 Å². The zero-order chi connectivity index (χ0) is 21.7. The summed E-state index contributed by atoms with van der Waals surface area (Å²) in [4.78, 5) is 30.0. The number of para-hydroxylation sites is 1. The lowest BCUT2D eigenvalue weighted by molar-refractivity contribution is -0.135. The molecule has 1 atom stereocenters. The van der Waals surface area contributed by atoms with Crippen molar-refractivity contribution in [2.45, 2.75) is 12.3 Å². The van der Waals surface area contributed by atoms with Gasteiger partial charge < -0.3 is 9.47 Å². The number of allylic oxidation sites excluding steroid dienone is 1. The van der Waals surface area contributed by atoms with E-state index >= 15 is 0 Å². The molecule has 0 spiro atoms. The number of aromatic nitrogens is 1. The summed E-state index contributed by atoms with van der Waals surface area (Å²) < 4.78 is 11.7. The Kier molecular flexibility index (Phi) is 4.15. The quantitative estimate of drug-likeness (QED) is 0.251. The standard InChI is InChI=1S/C27H17NO4/c29-24-15-20(17-12-13-28-21-9-5-4-8-18(17)21)25-22(31-24)11-10-19-26(30)23(32-27(19)25)14-16-6-2-1-3-7-16/h1-14,20H,15H2/b23-14-/t20-/m1/s1. The molecule has 6 rings (SSSR count). The minimum Gasteiger partial charge on any atom is -0.452 e. The van der Waals surface area contributed by atoms with E-state index in [9.17, 15) is 9.59 Å². The van der Waals surface area contributed by atoms with Gasteiger partial charge in [-0.15, -0.1) is 0 Å². The van der Waals surface area contributed by atoms with Gasteiger partial charge >= 0.3 is 5.97 Å². The third kappa shape index (κ3) is 2.90. The van der Waals surface area contributed by atoms with Gasteiger partial charge in [-0.25, -0.2) is 0 Å². The fourth-order valence-electron chi connectivity index (χ4n) is 4.49. The third-order valence-electron chi connectivity index (χ3n) is 5.94. The van der Waals surface area contributed by atoms with Crippen molar-refractivity contribution in [1.29, 1.82) is 0 Å². The molecule has 1 aromatic heterocycles. The van der Waals surface area contributed by atoms with Crippen LogP contribution >= 0.6 is 0 Å². The molecule has 3 heterocycles. The fourth-order valence-corrected chi connectivity index (χ4v) is 4.49. The number of benzene rings is 3. The third-order valence-corrected chi connectivity index (χ3v) is 5.94. The van der Waals surface area contributed by atoms with E-state index < -0.39 is 0 Å². The number of carbonyl (C=O) groups is 2. The van der Waals surface area contributed by atoms with Gasteiger partial charge in [-0.2, -0.15) is 0 Å². The molecule has 0 saturated carbocycles. The number of hydrogen-bond acceptors (Lipinski definition) is 5. The molecule has 3 aromatic carbocycles. The van der Waals surface area contributed by atoms with Crippen LogP contribution in [0.5, 0.6) is 11.5 Å². The second kappa shape index (κ2) is 7.17. The summed E-state index contributed by atoms with van der Waals surface area (Å²) in [5.41, 5.74) is 3.88. The maximum absolute atomic E-state index is 13.1. The molecule has 0 bridgehead atoms. The number of pyridine rings is 1. The summed E-state index contributed by atoms with van der Waals surface area (Å²) >= 11 is 0. The van der Waals surface area contributed by atoms with Crippen LogP contribution in [0.2, 0.25) is 0 Å². The Hall–Kier alpha value is -4.25. The average Bonchev–Trinajstić information content (AvgIpc) is 3.14. The van der Waals surface area contributed by atoms with Gasteiger partial charge in [0, 0.05) is 23.1 Å². The van der Waals surface area contributed by atoms with E-state index in [1.807, 2.05) is 60.7 Å². The van der Waals surface area contributed by atoms with Gasteiger partial charge in [0.25, 0.3) is 0 Å². The molecular formula is C27H17NO4. The van der Waals surface area contributed by atoms with Crippen molar-refractivity contribution in [2.75, 3.05) is 0 Å². The van der Waals surface area contributed by atoms with Crippen LogP contribution < -0.4 is 9.47 Å². The molecule has 2 aliphatic rings. The molecule has 0 aliphatic carbocycles. The van der Waals surface area contributed by atoms with Crippen molar-refractivity contribution in [3.05, 3.63) is 107 Å². The highest BCUT2D eigenvalue weighted by molar-refractivity contribution is 6.15. The van der Waals surface area contributed by atoms with Crippen LogP contribution in [0.25, 0.3) is 17.0 Å². The number of esters is 1. The van der Waals surface area contributed by atoms with Crippen molar-refractivity contribution in [3.8, 4) is 11.5 Å². The number of rotatable bonds is 2. The average molecular weight is 419 g/mol. The van der Waals surface area contributed by atoms with E-state index in [0.29, 0.717) is 17.1 Å². The Morgan fingerprint density at radius 3 is 2.56 bits per heavy atom. The second-order valence-corrected chi connectivity index (χ2v) is 7.85. The maximum atomic E-state index is 13.1. The zero-order valence-corrected chi connectivity index (χ0v) is 16.9. The van der Waals surface area contributed by atoms with E-state index in [4.69, 9.17) is 9.47 Å². The molecule has 0 fully saturated rings. The number of hydrogen-bond donors (Lipinski definition) is 0. The van der Waals surface area contributed by atoms with Gasteiger partial charge in [0.1, 0.15) is 11.5 Å². The Bertz CT molecular complexity index is 1430. The van der Waals surface area contributed by atoms with Crippen LogP contribution in [0, 0.1) is 0 Å². The smallest absolute Gasteiger partial charge is 0.312 e. The highest BCUT2D eigenvalue weighted by Crippen LogP contribution is 2.49. The summed E-state index contributed by atoms with van der Waals surface area (Å²) in [7, 11) is 0. The van der Waals surface area contributed by atoms with Crippen molar-refractivity contribution in [3.63, 3.8) is 0 Å². The normalized spacial score (nSPS) is 18.2. The molecule has 0 radical (unpaired) electrons. The van der Waals surface area contributed by atoms with E-state index in [0.717, 1.165) is 27.6 Å². The number of fused-ring (bicyclic) bond motifs is 4. The van der Waals surface area contributed by atoms with Crippen molar-refractivity contribution >= 4 is 28.7 Å². The van der Waals surface area contributed by atoms with Gasteiger partial charge in [0.05, 0.1) is 17.5 Å². The summed E-state index contributed by atoms with van der Waals surface area (Å²) in [5, 5.41) is 0.961. The first-order chi connectivity index (χ1) is 15.7. The summed E-state index contributed by atoms with van der Waals surface area (Å²) in [6, 6.07) is 22.7. The lowest BCUT2D eigenvalue weighted by Crippen LogP contribution is -2.21. The monoisotopic (exact) mass is 419 g/mol. The molecule has 32 heavy (non-hydrogen) atoms. The largest absolute Gasteiger partial charge is 0.452 e. The minimum absolute atomic E-state index is 0.159. The van der Waals surface area contributed by atoms with Crippen molar-refractivity contribution < 1.29 is 19.1 Å². The van der Waals surface area contributed by atoms with Crippen molar-refractivity contribution in [1.82, 2.24) is 4.98 Å². The number of ether oxygens (including phenoxy) is 2. The van der Waals surface area contributed by atoms with Gasteiger partial charge in [0.15, 0.2) is 5.76 Å². The van der Waals surface area contributed by atoms with Crippen LogP contribution in [0.1, 0.15) is 39.4 Å². The van der Waals surface area contributed by atoms with Gasteiger partial charge in [0.2, 0.25) is 5.78 Å². The molecule has 0 amide bonds. The summed E-state index contributed by atoms with van der Waals surface area (Å²) in [5.74, 6) is 0.357. The summed E-state index contributed by atoms with van der Waals surface area (Å²) in [6.45, 7) is 0. The van der Waals surface area contributed by atoms with Crippen LogP contribution in [0.15, 0.2) is 84.8 Å². The second-order valence-electron chi connectivity index (χ2n) is 7.85. The zero-order valence-electron chi connectivity index (χ0n) is 16.9. The molecule has 154 valence electrons.